The highest BCUT2D eigenvalue weighted by atomic mass is 32.2. The first-order valence-corrected chi connectivity index (χ1v) is 9.13. The molecule has 2 aromatic rings. The highest BCUT2D eigenvalue weighted by Crippen LogP contribution is 2.27. The molecule has 7 nitrogen and oxygen atoms in total. The number of ether oxygens (including phenoxy) is 1. The molecule has 2 rings (SSSR count). The zero-order chi connectivity index (χ0) is 18.6. The van der Waals surface area contributed by atoms with Crippen molar-refractivity contribution in [1.82, 2.24) is 4.72 Å². The number of benzene rings is 2. The summed E-state index contributed by atoms with van der Waals surface area (Å²) >= 11 is 0. The molecule has 0 aliphatic rings. The van der Waals surface area contributed by atoms with Gasteiger partial charge in [0.05, 0.1) is 16.9 Å². The Bertz CT molecular complexity index is 848. The molecule has 8 heteroatoms. The monoisotopic (exact) mass is 364 g/mol. The minimum Gasteiger partial charge on any atom is -0.497 e. The number of hydrogen-bond donors (Lipinski definition) is 1. The molecule has 0 fully saturated rings. The lowest BCUT2D eigenvalue weighted by atomic mass is 9.97. The summed E-state index contributed by atoms with van der Waals surface area (Å²) in [5, 5.41) is 10.9. The van der Waals surface area contributed by atoms with Crippen molar-refractivity contribution in [2.24, 2.45) is 5.92 Å². The van der Waals surface area contributed by atoms with Gasteiger partial charge < -0.3 is 4.74 Å². The lowest BCUT2D eigenvalue weighted by Gasteiger charge is -2.23. The first-order chi connectivity index (χ1) is 11.7. The van der Waals surface area contributed by atoms with E-state index in [2.05, 4.69) is 4.72 Å². The van der Waals surface area contributed by atoms with Crippen LogP contribution in [0.3, 0.4) is 0 Å². The molecule has 134 valence electrons. The van der Waals surface area contributed by atoms with Crippen molar-refractivity contribution in [3.63, 3.8) is 0 Å². The molecule has 25 heavy (non-hydrogen) atoms. The van der Waals surface area contributed by atoms with Crippen LogP contribution < -0.4 is 9.46 Å². The van der Waals surface area contributed by atoms with Crippen LogP contribution in [-0.4, -0.2) is 20.5 Å². The normalized spacial score (nSPS) is 12.8. The van der Waals surface area contributed by atoms with Crippen LogP contribution in [0.2, 0.25) is 0 Å². The Labute approximate surface area is 146 Å². The molecule has 0 bridgehead atoms. The Morgan fingerprint density at radius 2 is 1.76 bits per heavy atom. The number of sulfonamides is 1. The number of nitrogens with zero attached hydrogens (tertiary/aromatic N) is 1. The molecule has 0 heterocycles. The first kappa shape index (κ1) is 18.9. The second-order valence-electron chi connectivity index (χ2n) is 5.87. The standard InChI is InChI=1S/C17H20N2O5S/c1-12(2)17(13-7-9-15(24-3)10-8-13)18-25(22,23)16-6-4-5-14(11-16)19(20)21/h4-12,17-18H,1-3H3. The molecular formula is C17H20N2O5S. The molecule has 0 saturated carbocycles. The number of methoxy groups -OCH3 is 1. The zero-order valence-electron chi connectivity index (χ0n) is 14.2. The van der Waals surface area contributed by atoms with Gasteiger partial charge >= 0.3 is 0 Å². The molecule has 0 amide bonds. The third-order valence-electron chi connectivity index (χ3n) is 3.76. The van der Waals surface area contributed by atoms with Crippen LogP contribution in [0.5, 0.6) is 5.75 Å². The average molecular weight is 364 g/mol. The van der Waals surface area contributed by atoms with Crippen LogP contribution in [0, 0.1) is 16.0 Å². The number of nitrogens with one attached hydrogen (secondary N) is 1. The van der Waals surface area contributed by atoms with Gasteiger partial charge in [-0.1, -0.05) is 32.0 Å². The number of nitro benzene ring substituents is 1. The predicted octanol–water partition coefficient (Wildman–Crippen LogP) is 3.28. The molecule has 0 spiro atoms. The molecule has 0 radical (unpaired) electrons. The zero-order valence-corrected chi connectivity index (χ0v) is 15.0. The summed E-state index contributed by atoms with van der Waals surface area (Å²) in [6.07, 6.45) is 0. The largest absolute Gasteiger partial charge is 0.497 e. The lowest BCUT2D eigenvalue weighted by molar-refractivity contribution is -0.385. The van der Waals surface area contributed by atoms with Crippen LogP contribution in [0.1, 0.15) is 25.5 Å². The quantitative estimate of drug-likeness (QED) is 0.600. The third kappa shape index (κ3) is 4.55. The van der Waals surface area contributed by atoms with E-state index in [9.17, 15) is 18.5 Å². The van der Waals surface area contributed by atoms with E-state index >= 15 is 0 Å². The van der Waals surface area contributed by atoms with Crippen molar-refractivity contribution in [2.45, 2.75) is 24.8 Å². The van der Waals surface area contributed by atoms with Gasteiger partial charge in [-0.2, -0.15) is 0 Å². The summed E-state index contributed by atoms with van der Waals surface area (Å²) in [4.78, 5) is 10.1. The van der Waals surface area contributed by atoms with Gasteiger partial charge in [0, 0.05) is 18.2 Å². The molecular weight excluding hydrogens is 344 g/mol. The summed E-state index contributed by atoms with van der Waals surface area (Å²) in [5.41, 5.74) is 0.512. The maximum atomic E-state index is 12.7. The van der Waals surface area contributed by atoms with Crippen LogP contribution in [0.4, 0.5) is 5.69 Å². The molecule has 0 saturated heterocycles. The highest BCUT2D eigenvalue weighted by molar-refractivity contribution is 7.89. The van der Waals surface area contributed by atoms with Crippen molar-refractivity contribution in [2.75, 3.05) is 7.11 Å². The Morgan fingerprint density at radius 1 is 1.12 bits per heavy atom. The first-order valence-electron chi connectivity index (χ1n) is 7.65. The van der Waals surface area contributed by atoms with E-state index in [-0.39, 0.29) is 16.5 Å². The fraction of sp³-hybridized carbons (Fsp3) is 0.294. The Kier molecular flexibility index (Phi) is 5.76. The Hall–Kier alpha value is -2.45. The topological polar surface area (TPSA) is 98.5 Å². The average Bonchev–Trinajstić information content (AvgIpc) is 2.59. The maximum Gasteiger partial charge on any atom is 0.270 e. The number of non-ortho nitro benzene ring substituents is 1. The van der Waals surface area contributed by atoms with Gasteiger partial charge in [-0.15, -0.1) is 0 Å². The molecule has 1 atom stereocenters. The highest BCUT2D eigenvalue weighted by Gasteiger charge is 2.25. The van der Waals surface area contributed by atoms with E-state index in [0.29, 0.717) is 5.75 Å². The van der Waals surface area contributed by atoms with Crippen molar-refractivity contribution >= 4 is 15.7 Å². The van der Waals surface area contributed by atoms with Crippen molar-refractivity contribution in [1.29, 1.82) is 0 Å². The maximum absolute atomic E-state index is 12.7. The van der Waals surface area contributed by atoms with Crippen molar-refractivity contribution in [3.8, 4) is 5.75 Å². The Balaban J connectivity index is 2.34. The third-order valence-corrected chi connectivity index (χ3v) is 5.20. The van der Waals surface area contributed by atoms with Gasteiger partial charge in [0.1, 0.15) is 5.75 Å². The number of nitro groups is 1. The lowest BCUT2D eigenvalue weighted by Crippen LogP contribution is -2.31. The predicted molar refractivity (Wildman–Crippen MR) is 94.0 cm³/mol. The number of hydrogen-bond acceptors (Lipinski definition) is 5. The molecule has 0 aliphatic carbocycles. The molecule has 1 unspecified atom stereocenters. The van der Waals surface area contributed by atoms with E-state index in [0.717, 1.165) is 11.6 Å². The minimum atomic E-state index is -3.91. The van der Waals surface area contributed by atoms with Gasteiger partial charge in [-0.3, -0.25) is 10.1 Å². The van der Waals surface area contributed by atoms with Gasteiger partial charge in [0.15, 0.2) is 0 Å². The second-order valence-corrected chi connectivity index (χ2v) is 7.58. The summed E-state index contributed by atoms with van der Waals surface area (Å²) in [7, 11) is -2.35. The van der Waals surface area contributed by atoms with Gasteiger partial charge in [0.2, 0.25) is 10.0 Å². The smallest absolute Gasteiger partial charge is 0.270 e. The van der Waals surface area contributed by atoms with Gasteiger partial charge in [-0.05, 0) is 29.7 Å². The molecule has 1 N–H and O–H groups in total. The summed E-state index contributed by atoms with van der Waals surface area (Å²) < 4.78 is 33.1. The molecule has 0 aromatic heterocycles. The SMILES string of the molecule is COc1ccc(C(NS(=O)(=O)c2cccc([N+](=O)[O-])c2)C(C)C)cc1. The van der Waals surface area contributed by atoms with E-state index < -0.39 is 21.0 Å². The minimum absolute atomic E-state index is 0.0260. The second kappa shape index (κ2) is 7.62. The van der Waals surface area contributed by atoms with Crippen LogP contribution in [0.25, 0.3) is 0 Å². The van der Waals surface area contributed by atoms with Crippen LogP contribution in [0.15, 0.2) is 53.4 Å². The molecule has 2 aromatic carbocycles. The molecule has 0 aliphatic heterocycles. The van der Waals surface area contributed by atoms with Crippen LogP contribution >= 0.6 is 0 Å². The van der Waals surface area contributed by atoms with Crippen LogP contribution in [-0.2, 0) is 10.0 Å². The van der Waals surface area contributed by atoms with E-state index in [1.165, 1.54) is 18.2 Å². The number of rotatable bonds is 7. The van der Waals surface area contributed by atoms with Crippen molar-refractivity contribution < 1.29 is 18.1 Å². The summed E-state index contributed by atoms with van der Waals surface area (Å²) in [5.74, 6) is 0.648. The van der Waals surface area contributed by atoms with Gasteiger partial charge in [0.25, 0.3) is 5.69 Å². The van der Waals surface area contributed by atoms with E-state index in [1.54, 1.807) is 31.4 Å². The summed E-state index contributed by atoms with van der Waals surface area (Å²) in [6.45, 7) is 3.79. The fourth-order valence-electron chi connectivity index (χ4n) is 2.40. The van der Waals surface area contributed by atoms with E-state index in [4.69, 9.17) is 4.74 Å². The van der Waals surface area contributed by atoms with Gasteiger partial charge in [-0.25, -0.2) is 13.1 Å². The fourth-order valence-corrected chi connectivity index (χ4v) is 3.81. The Morgan fingerprint density at radius 3 is 2.28 bits per heavy atom. The van der Waals surface area contributed by atoms with E-state index in [1.807, 2.05) is 13.8 Å². The summed E-state index contributed by atoms with van der Waals surface area (Å²) in [6, 6.07) is 11.6. The van der Waals surface area contributed by atoms with Crippen molar-refractivity contribution in [3.05, 3.63) is 64.2 Å².